The molecule has 5 aliphatic carbocycles. The molecule has 3 aromatic carbocycles. The number of esters is 1. The van der Waals surface area contributed by atoms with Crippen LogP contribution in [-0.2, 0) is 86.2 Å². The maximum absolute atomic E-state index is 16.4. The number of hydrogen-bond acceptors (Lipinski definition) is 15. The minimum absolute atomic E-state index is 0.0366. The van der Waals surface area contributed by atoms with E-state index in [4.69, 9.17) is 67.3 Å². The lowest BCUT2D eigenvalue weighted by molar-refractivity contribution is -0.354. The second kappa shape index (κ2) is 25.8. The maximum Gasteiger partial charge on any atom is 0.317 e. The highest BCUT2D eigenvalue weighted by atomic mass is 16.8. The van der Waals surface area contributed by atoms with Gasteiger partial charge in [0.2, 0.25) is 6.29 Å². The van der Waals surface area contributed by atoms with Crippen molar-refractivity contribution in [3.8, 4) is 0 Å². The molecule has 4 saturated heterocycles. The summed E-state index contributed by atoms with van der Waals surface area (Å²) in [4.78, 5) is 16.4. The zero-order chi connectivity index (χ0) is 63.8. The Hall–Kier alpha value is -3.65. The maximum atomic E-state index is 16.4. The smallest absolute Gasteiger partial charge is 0.317 e. The predicted octanol–water partition coefficient (Wildman–Crippen LogP) is 13.1. The van der Waals surface area contributed by atoms with Crippen LogP contribution in [0.2, 0.25) is 0 Å². The fourth-order valence-electron chi connectivity index (χ4n) is 19.4. The summed E-state index contributed by atoms with van der Waals surface area (Å²) in [6, 6.07) is 29.8. The number of carbonyl (C=O) groups is 1. The highest BCUT2D eigenvalue weighted by molar-refractivity contribution is 5.80. The second-order valence-corrected chi connectivity index (χ2v) is 31.0. The fourth-order valence-corrected chi connectivity index (χ4v) is 19.4. The van der Waals surface area contributed by atoms with E-state index in [0.29, 0.717) is 50.4 Å². The molecule has 2 N–H and O–H groups in total. The molecule has 0 aromatic heterocycles. The summed E-state index contributed by atoms with van der Waals surface area (Å²) >= 11 is 0. The molecular formula is C75H107NO14. The Labute approximate surface area is 537 Å². The lowest BCUT2D eigenvalue weighted by atomic mass is 9.33. The molecule has 15 nitrogen and oxygen atoms in total. The molecular weight excluding hydrogens is 1140 g/mol. The van der Waals surface area contributed by atoms with Crippen LogP contribution in [0, 0.1) is 62.6 Å². The molecule has 0 spiro atoms. The highest BCUT2D eigenvalue weighted by Crippen LogP contribution is 2.76. The van der Waals surface area contributed by atoms with Crippen molar-refractivity contribution in [1.82, 2.24) is 0 Å². The van der Waals surface area contributed by atoms with Gasteiger partial charge in [0.1, 0.15) is 42.0 Å². The van der Waals surface area contributed by atoms with E-state index in [1.165, 1.54) is 12.0 Å². The number of benzene rings is 3. The largest absolute Gasteiger partial charge is 0.432 e. The number of carbonyl (C=O) groups excluding carboxylic acids is 1. The highest BCUT2D eigenvalue weighted by Gasteiger charge is 2.73. The topological polar surface area (TPSA) is 163 Å². The summed E-state index contributed by atoms with van der Waals surface area (Å²) < 4.78 is 88.9. The van der Waals surface area contributed by atoms with Crippen LogP contribution in [0.3, 0.4) is 0 Å². The number of allylic oxidation sites excluding steroid dienone is 2. The molecule has 9 aliphatic rings. The molecule has 12 rings (SSSR count). The van der Waals surface area contributed by atoms with E-state index >= 15 is 4.79 Å². The quantitative estimate of drug-likeness (QED) is 0.0945. The normalized spacial score (nSPS) is 44.4. The minimum atomic E-state index is -1.21. The van der Waals surface area contributed by atoms with Crippen molar-refractivity contribution in [2.24, 2.45) is 68.3 Å². The predicted molar refractivity (Wildman–Crippen MR) is 341 cm³/mol. The van der Waals surface area contributed by atoms with Crippen molar-refractivity contribution < 1.29 is 66.4 Å². The number of ether oxygens (including phenoxy) is 13. The first-order valence-electron chi connectivity index (χ1n) is 34.2. The van der Waals surface area contributed by atoms with Gasteiger partial charge in [-0.2, -0.15) is 0 Å². The Kier molecular flexibility index (Phi) is 19.0. The Morgan fingerprint density at radius 1 is 0.644 bits per heavy atom. The number of rotatable bonds is 18. The van der Waals surface area contributed by atoms with Crippen LogP contribution in [0.4, 0.5) is 0 Å². The Balaban J connectivity index is 0.823. The van der Waals surface area contributed by atoms with Crippen LogP contribution in [-0.4, -0.2) is 125 Å². The fraction of sp³-hybridized carbons (Fsp3) is 0.720. The van der Waals surface area contributed by atoms with Gasteiger partial charge in [0, 0.05) is 32.1 Å². The summed E-state index contributed by atoms with van der Waals surface area (Å²) in [6.07, 6.45) is 2.76. The van der Waals surface area contributed by atoms with E-state index in [0.717, 1.165) is 55.2 Å². The van der Waals surface area contributed by atoms with Gasteiger partial charge in [0.05, 0.1) is 56.9 Å². The molecule has 4 aliphatic heterocycles. The van der Waals surface area contributed by atoms with E-state index in [2.05, 4.69) is 85.7 Å². The number of methoxy groups -OCH3 is 2. The van der Waals surface area contributed by atoms with E-state index in [1.54, 1.807) is 0 Å². The van der Waals surface area contributed by atoms with Crippen molar-refractivity contribution in [3.63, 3.8) is 0 Å². The number of nitrogens with two attached hydrogens (primary N) is 1. The average Bonchev–Trinajstić information content (AvgIpc) is 0.758. The van der Waals surface area contributed by atoms with Crippen LogP contribution in [0.25, 0.3) is 0 Å². The summed E-state index contributed by atoms with van der Waals surface area (Å²) in [7, 11) is 3.74. The number of fused-ring (bicyclic) bond motifs is 8. The van der Waals surface area contributed by atoms with Crippen LogP contribution in [0.5, 0.6) is 0 Å². The standard InChI is InChI=1S/C75H107NO14/c1-45-32-34-71(9)56-31-30-52-53-38-69(5,6)36-37-75(53,58(78-13)39-73(52,11)72(56,10)35-33-57(71)74(45,12)79-14)68(77)88-66-61(46(2)59(76)54(85-66)43-80-40-49-24-18-15-19-25-49)86-67-64-63(89-70(7,8)90-64)62(48(4)84-67)87-65-47(3)60(82-42-51-28-22-17-23-29-51)55(44-83-65)81-41-50-26-20-16-21-27-50/h15-30,45-48,53-67H,31-44,76H2,1-14H3/t45-,46?,47?,48?,53?,54?,55+,56?,57+,58?,59+,60?,61?,62-,63?,64?,65-,66-,67-,71?,72?,73+,74-,75+/m0/s1. The Morgan fingerprint density at radius 2 is 1.28 bits per heavy atom. The third-order valence-corrected chi connectivity index (χ3v) is 25.0. The lowest BCUT2D eigenvalue weighted by Gasteiger charge is -2.72. The summed E-state index contributed by atoms with van der Waals surface area (Å²) in [5.74, 6) is -0.812. The molecule has 90 heavy (non-hydrogen) atoms. The molecule has 8 fully saturated rings. The van der Waals surface area contributed by atoms with Gasteiger partial charge in [0.15, 0.2) is 18.4 Å². The Bertz CT molecular complexity index is 2950. The van der Waals surface area contributed by atoms with Gasteiger partial charge in [-0.15, -0.1) is 0 Å². The van der Waals surface area contributed by atoms with Gasteiger partial charge in [-0.3, -0.25) is 4.79 Å². The molecule has 24 atom stereocenters. The summed E-state index contributed by atoms with van der Waals surface area (Å²) in [5, 5.41) is 0. The average molecular weight is 1250 g/mol. The first-order chi connectivity index (χ1) is 42.9. The van der Waals surface area contributed by atoms with Gasteiger partial charge < -0.3 is 67.3 Å². The first kappa shape index (κ1) is 66.4. The van der Waals surface area contributed by atoms with Gasteiger partial charge in [-0.1, -0.05) is 158 Å². The monoisotopic (exact) mass is 1250 g/mol. The van der Waals surface area contributed by atoms with Gasteiger partial charge in [-0.25, -0.2) is 0 Å². The molecule has 0 radical (unpaired) electrons. The van der Waals surface area contributed by atoms with Gasteiger partial charge >= 0.3 is 5.97 Å². The molecule has 13 unspecified atom stereocenters. The molecule has 496 valence electrons. The Morgan fingerprint density at radius 3 is 1.93 bits per heavy atom. The van der Waals surface area contributed by atoms with Crippen molar-refractivity contribution in [2.45, 2.75) is 252 Å². The van der Waals surface area contributed by atoms with Gasteiger partial charge in [0.25, 0.3) is 0 Å². The van der Waals surface area contributed by atoms with Crippen molar-refractivity contribution >= 4 is 5.97 Å². The molecule has 0 bridgehead atoms. The van der Waals surface area contributed by atoms with Crippen LogP contribution in [0.1, 0.15) is 158 Å². The third-order valence-electron chi connectivity index (χ3n) is 25.0. The summed E-state index contributed by atoms with van der Waals surface area (Å²) in [6.45, 7) is 28.7. The van der Waals surface area contributed by atoms with Crippen LogP contribution >= 0.6 is 0 Å². The van der Waals surface area contributed by atoms with Gasteiger partial charge in [-0.05, 0) is 148 Å². The molecule has 4 saturated carbocycles. The third kappa shape index (κ3) is 12.0. The molecule has 15 heteroatoms. The van der Waals surface area contributed by atoms with E-state index in [9.17, 15) is 0 Å². The van der Waals surface area contributed by atoms with Crippen LogP contribution in [0.15, 0.2) is 103 Å². The van der Waals surface area contributed by atoms with Crippen molar-refractivity contribution in [1.29, 1.82) is 0 Å². The second-order valence-electron chi connectivity index (χ2n) is 31.0. The first-order valence-corrected chi connectivity index (χ1v) is 34.2. The van der Waals surface area contributed by atoms with E-state index in [1.807, 2.05) is 109 Å². The van der Waals surface area contributed by atoms with Crippen LogP contribution < -0.4 is 5.73 Å². The zero-order valence-corrected chi connectivity index (χ0v) is 56.4. The van der Waals surface area contributed by atoms with Crippen molar-refractivity contribution in [3.05, 3.63) is 119 Å². The SMILES string of the molecule is COC1C[C@]2(C)C(=CCC3C4(C)CC[C@H](C)[C@](C)(OC)[C@@H]4CCC32C)C2CC(C)(C)CC[C@]12C(=O)O[C@@H]1OC(COCc2ccccc2)[C@H](N)C(C)C1O[C@@H]1OC(C)[C@H](O[C@@H]2OC[C@@H](OCc3ccccc3)C(OCc3ccccc3)C2C)C2OC(C)(C)OC21. The molecule has 0 amide bonds. The number of hydrogen-bond donors (Lipinski definition) is 1. The molecule has 4 heterocycles. The lowest BCUT2D eigenvalue weighted by Crippen LogP contribution is -2.69. The minimum Gasteiger partial charge on any atom is -0.432 e. The molecule has 3 aromatic rings. The van der Waals surface area contributed by atoms with Crippen molar-refractivity contribution in [2.75, 3.05) is 27.4 Å². The zero-order valence-electron chi connectivity index (χ0n) is 56.4. The summed E-state index contributed by atoms with van der Waals surface area (Å²) in [5.41, 5.74) is 10.4. The van der Waals surface area contributed by atoms with E-state index < -0.39 is 84.8 Å². The van der Waals surface area contributed by atoms with E-state index in [-0.39, 0.29) is 70.5 Å².